The Balaban J connectivity index is 1.27. The maximum atomic E-state index is 12.7. The molecule has 11 nitrogen and oxygen atoms in total. The zero-order chi connectivity index (χ0) is 25.9. The number of likely N-dealkylation sites (tertiary alicyclic amines) is 1. The number of anilines is 1. The largest absolute Gasteiger partial charge is 0.439 e. The van der Waals surface area contributed by atoms with Crippen LogP contribution in [0.25, 0.3) is 28.2 Å². The molecule has 1 fully saturated rings. The van der Waals surface area contributed by atoms with E-state index in [1.807, 2.05) is 34.9 Å². The van der Waals surface area contributed by atoms with Crippen molar-refractivity contribution in [3.63, 3.8) is 0 Å². The number of pyridine rings is 1. The first-order chi connectivity index (χ1) is 18.7. The molecule has 1 saturated heterocycles. The summed E-state index contributed by atoms with van der Waals surface area (Å²) in [6.45, 7) is 3.67. The molecule has 1 amide bonds. The highest BCUT2D eigenvalue weighted by molar-refractivity contribution is 5.94. The monoisotopic (exact) mass is 510 g/mol. The SMILES string of the molecule is Nc1nonc1-c1nc2cnc(Oc3cccc(C(=O)NCCN4CCCC4)c3)cc2n1-c1ccccc1. The molecule has 0 spiro atoms. The van der Waals surface area contributed by atoms with Crippen molar-refractivity contribution < 1.29 is 14.2 Å². The lowest BCUT2D eigenvalue weighted by Crippen LogP contribution is -2.33. The first-order valence-corrected chi connectivity index (χ1v) is 12.5. The normalized spacial score (nSPS) is 13.7. The minimum absolute atomic E-state index is 0.135. The minimum atomic E-state index is -0.135. The third kappa shape index (κ3) is 4.78. The number of amides is 1. The Labute approximate surface area is 218 Å². The Morgan fingerprint density at radius 2 is 1.89 bits per heavy atom. The van der Waals surface area contributed by atoms with Crippen LogP contribution in [-0.2, 0) is 0 Å². The highest BCUT2D eigenvalue weighted by Gasteiger charge is 2.21. The fourth-order valence-corrected chi connectivity index (χ4v) is 4.62. The second kappa shape index (κ2) is 10.3. The molecule has 192 valence electrons. The molecule has 0 radical (unpaired) electrons. The highest BCUT2D eigenvalue weighted by Crippen LogP contribution is 2.32. The van der Waals surface area contributed by atoms with Gasteiger partial charge in [0.25, 0.3) is 5.91 Å². The van der Waals surface area contributed by atoms with Crippen LogP contribution in [0.1, 0.15) is 23.2 Å². The van der Waals surface area contributed by atoms with Crippen LogP contribution < -0.4 is 15.8 Å². The van der Waals surface area contributed by atoms with Crippen molar-refractivity contribution in [2.24, 2.45) is 0 Å². The maximum absolute atomic E-state index is 12.7. The van der Waals surface area contributed by atoms with Gasteiger partial charge < -0.3 is 20.7 Å². The summed E-state index contributed by atoms with van der Waals surface area (Å²) in [5.74, 6) is 1.32. The number of para-hydroxylation sites is 1. The van der Waals surface area contributed by atoms with Gasteiger partial charge in [0.1, 0.15) is 11.3 Å². The zero-order valence-corrected chi connectivity index (χ0v) is 20.6. The van der Waals surface area contributed by atoms with Crippen LogP contribution in [0.15, 0.2) is 71.5 Å². The molecule has 3 N–H and O–H groups in total. The summed E-state index contributed by atoms with van der Waals surface area (Å²) in [6, 6.07) is 18.5. The molecule has 0 aliphatic carbocycles. The summed E-state index contributed by atoms with van der Waals surface area (Å²) in [5.41, 5.74) is 9.02. The van der Waals surface area contributed by atoms with Gasteiger partial charge >= 0.3 is 0 Å². The first kappa shape index (κ1) is 23.6. The van der Waals surface area contributed by atoms with Gasteiger partial charge in [-0.3, -0.25) is 9.36 Å². The standard InChI is InChI=1S/C27H26N8O3/c28-25-24(32-38-33-25)26-31-21-17-30-23(16-22(21)35(26)19-8-2-1-3-9-19)37-20-10-6-7-18(15-20)27(36)29-11-14-34-12-4-5-13-34/h1-3,6-10,15-17H,4-5,11-14H2,(H2,28,33)(H,29,36). The molecule has 1 aliphatic heterocycles. The van der Waals surface area contributed by atoms with Gasteiger partial charge in [-0.2, -0.15) is 0 Å². The van der Waals surface area contributed by atoms with E-state index in [1.165, 1.54) is 12.8 Å². The van der Waals surface area contributed by atoms with E-state index in [9.17, 15) is 4.79 Å². The Hall–Kier alpha value is -4.77. The third-order valence-electron chi connectivity index (χ3n) is 6.49. The molecule has 1 aliphatic rings. The molecule has 0 atom stereocenters. The number of carbonyl (C=O) groups is 1. The van der Waals surface area contributed by atoms with Crippen molar-refractivity contribution in [2.75, 3.05) is 31.9 Å². The second-order valence-corrected chi connectivity index (χ2v) is 9.05. The van der Waals surface area contributed by atoms with Gasteiger partial charge in [-0.05, 0) is 66.6 Å². The summed E-state index contributed by atoms with van der Waals surface area (Å²) in [4.78, 5) is 24.2. The number of imidazole rings is 1. The number of hydrogen-bond donors (Lipinski definition) is 2. The fourth-order valence-electron chi connectivity index (χ4n) is 4.62. The number of nitrogens with zero attached hydrogens (tertiary/aromatic N) is 6. The topological polar surface area (TPSA) is 137 Å². The average molecular weight is 511 g/mol. The summed E-state index contributed by atoms with van der Waals surface area (Å²) in [6.07, 6.45) is 4.07. The van der Waals surface area contributed by atoms with Gasteiger partial charge in [0.05, 0.1) is 11.7 Å². The van der Waals surface area contributed by atoms with Crippen LogP contribution in [0.5, 0.6) is 11.6 Å². The van der Waals surface area contributed by atoms with Gasteiger partial charge in [-0.15, -0.1) is 0 Å². The maximum Gasteiger partial charge on any atom is 0.251 e. The molecular formula is C27H26N8O3. The molecule has 11 heteroatoms. The molecule has 38 heavy (non-hydrogen) atoms. The van der Waals surface area contributed by atoms with Crippen molar-refractivity contribution in [3.8, 4) is 28.8 Å². The number of nitrogen functional groups attached to an aromatic ring is 1. The fraction of sp³-hybridized carbons (Fsp3) is 0.222. The molecule has 4 heterocycles. The van der Waals surface area contributed by atoms with Crippen LogP contribution in [0.4, 0.5) is 5.82 Å². The van der Waals surface area contributed by atoms with Crippen LogP contribution in [0.3, 0.4) is 0 Å². The van der Waals surface area contributed by atoms with Crippen LogP contribution in [0, 0.1) is 0 Å². The van der Waals surface area contributed by atoms with E-state index in [2.05, 4.69) is 30.5 Å². The average Bonchev–Trinajstić information content (AvgIpc) is 3.69. The summed E-state index contributed by atoms with van der Waals surface area (Å²) in [7, 11) is 0. The molecular weight excluding hydrogens is 484 g/mol. The number of nitrogens with one attached hydrogen (secondary N) is 1. The first-order valence-electron chi connectivity index (χ1n) is 12.5. The van der Waals surface area contributed by atoms with Crippen molar-refractivity contribution in [1.82, 2.24) is 35.1 Å². The summed E-state index contributed by atoms with van der Waals surface area (Å²) in [5, 5.41) is 10.6. The molecule has 0 bridgehead atoms. The third-order valence-corrected chi connectivity index (χ3v) is 6.49. The molecule has 0 unspecified atom stereocenters. The van der Waals surface area contributed by atoms with Crippen LogP contribution in [0.2, 0.25) is 0 Å². The lowest BCUT2D eigenvalue weighted by Gasteiger charge is -2.14. The van der Waals surface area contributed by atoms with E-state index in [1.54, 1.807) is 36.5 Å². The molecule has 0 saturated carbocycles. The Morgan fingerprint density at radius 3 is 2.68 bits per heavy atom. The number of hydrogen-bond acceptors (Lipinski definition) is 9. The van der Waals surface area contributed by atoms with Crippen LogP contribution >= 0.6 is 0 Å². The number of nitrogens with two attached hydrogens (primary N) is 1. The summed E-state index contributed by atoms with van der Waals surface area (Å²) >= 11 is 0. The number of benzene rings is 2. The second-order valence-electron chi connectivity index (χ2n) is 9.05. The van der Waals surface area contributed by atoms with Crippen molar-refractivity contribution >= 4 is 22.8 Å². The lowest BCUT2D eigenvalue weighted by atomic mass is 10.2. The predicted octanol–water partition coefficient (Wildman–Crippen LogP) is 3.67. The van der Waals surface area contributed by atoms with Crippen molar-refractivity contribution in [1.29, 1.82) is 0 Å². The number of fused-ring (bicyclic) bond motifs is 1. The van der Waals surface area contributed by atoms with Gasteiger partial charge in [-0.1, -0.05) is 24.3 Å². The quantitative estimate of drug-likeness (QED) is 0.320. The van der Waals surface area contributed by atoms with E-state index in [4.69, 9.17) is 15.1 Å². The Morgan fingerprint density at radius 1 is 1.05 bits per heavy atom. The molecule has 2 aromatic carbocycles. The number of rotatable bonds is 8. The van der Waals surface area contributed by atoms with Crippen LogP contribution in [-0.4, -0.2) is 61.8 Å². The lowest BCUT2D eigenvalue weighted by molar-refractivity contribution is 0.0949. The Kier molecular flexibility index (Phi) is 6.40. The van der Waals surface area contributed by atoms with E-state index >= 15 is 0 Å². The van der Waals surface area contributed by atoms with E-state index in [-0.39, 0.29) is 11.7 Å². The molecule has 6 rings (SSSR count). The van der Waals surface area contributed by atoms with Gasteiger partial charge in [0.2, 0.25) is 5.88 Å². The van der Waals surface area contributed by atoms with Gasteiger partial charge in [0, 0.05) is 30.4 Å². The minimum Gasteiger partial charge on any atom is -0.439 e. The van der Waals surface area contributed by atoms with E-state index in [0.29, 0.717) is 40.8 Å². The Bertz CT molecular complexity index is 1570. The van der Waals surface area contributed by atoms with Crippen molar-refractivity contribution in [3.05, 3.63) is 72.4 Å². The molecule has 3 aromatic heterocycles. The summed E-state index contributed by atoms with van der Waals surface area (Å²) < 4.78 is 12.8. The number of aromatic nitrogens is 5. The van der Waals surface area contributed by atoms with Gasteiger partial charge in [-0.25, -0.2) is 14.6 Å². The van der Waals surface area contributed by atoms with Crippen molar-refractivity contribution in [2.45, 2.75) is 12.8 Å². The number of ether oxygens (including phenoxy) is 1. The smallest absolute Gasteiger partial charge is 0.251 e. The van der Waals surface area contributed by atoms with E-state index in [0.717, 1.165) is 30.8 Å². The van der Waals surface area contributed by atoms with E-state index < -0.39 is 0 Å². The zero-order valence-electron chi connectivity index (χ0n) is 20.6. The predicted molar refractivity (Wildman–Crippen MR) is 141 cm³/mol. The molecule has 5 aromatic rings. The highest BCUT2D eigenvalue weighted by atomic mass is 16.6. The number of carbonyl (C=O) groups excluding carboxylic acids is 1. The van der Waals surface area contributed by atoms with Gasteiger partial charge in [0.15, 0.2) is 17.3 Å².